The van der Waals surface area contributed by atoms with Gasteiger partial charge in [-0.2, -0.15) is 0 Å². The number of nitrogens with zero attached hydrogens (tertiary/aromatic N) is 1. The number of esters is 1. The van der Waals surface area contributed by atoms with Gasteiger partial charge in [0.05, 0.1) is 33.8 Å². The summed E-state index contributed by atoms with van der Waals surface area (Å²) in [6.07, 6.45) is 59.2. The van der Waals surface area contributed by atoms with Crippen LogP contribution in [0.25, 0.3) is 0 Å². The highest BCUT2D eigenvalue weighted by Crippen LogP contribution is 2.38. The van der Waals surface area contributed by atoms with Crippen molar-refractivity contribution in [1.82, 2.24) is 5.32 Å². The molecule has 0 saturated carbocycles. The number of likely N-dealkylation sites (N-methyl/N-ethyl adjacent to an activating group) is 1. The first-order valence-electron chi connectivity index (χ1n) is 28.9. The maximum atomic E-state index is 13.5. The number of amides is 1. The van der Waals surface area contributed by atoms with Gasteiger partial charge in [0.15, 0.2) is 0 Å². The molecule has 0 aliphatic heterocycles. The number of hydrogen-bond acceptors (Lipinski definition) is 7. The smallest absolute Gasteiger partial charge is 0.306 e. The van der Waals surface area contributed by atoms with Crippen molar-refractivity contribution in [2.45, 2.75) is 277 Å². The molecule has 0 radical (unpaired) electrons. The van der Waals surface area contributed by atoms with Gasteiger partial charge in [-0.05, 0) is 89.5 Å². The molecule has 0 aliphatic carbocycles. The van der Waals surface area contributed by atoms with Gasteiger partial charge in [0.2, 0.25) is 5.91 Å². The third-order valence-electron chi connectivity index (χ3n) is 12.7. The van der Waals surface area contributed by atoms with Crippen molar-refractivity contribution in [1.29, 1.82) is 0 Å². The molecule has 1 N–H and O–H groups in total. The molecule has 0 heterocycles. The molecule has 0 rings (SSSR count). The third kappa shape index (κ3) is 50.7. The number of carbonyl (C=O) groups excluding carboxylic acids is 2. The molecule has 9 nitrogen and oxygen atoms in total. The monoisotopic (exact) mass is 991 g/mol. The lowest BCUT2D eigenvalue weighted by Crippen LogP contribution is -2.47. The number of quaternary nitrogens is 1. The van der Waals surface area contributed by atoms with Gasteiger partial charge in [0.1, 0.15) is 19.3 Å². The highest BCUT2D eigenvalue weighted by atomic mass is 31.2. The fourth-order valence-corrected chi connectivity index (χ4v) is 8.92. The van der Waals surface area contributed by atoms with Crippen molar-refractivity contribution >= 4 is 19.7 Å². The zero-order chi connectivity index (χ0) is 50.8. The van der Waals surface area contributed by atoms with Crippen LogP contribution in [0.5, 0.6) is 0 Å². The molecule has 0 aromatic rings. The van der Waals surface area contributed by atoms with E-state index in [2.05, 4.69) is 62.5 Å². The second-order valence-corrected chi connectivity index (χ2v) is 22.2. The Labute approximate surface area is 427 Å². The minimum atomic E-state index is -4.70. The normalized spacial score (nSPS) is 14.1. The number of rotatable bonds is 52. The van der Waals surface area contributed by atoms with Crippen LogP contribution in [0.15, 0.2) is 48.6 Å². The Hall–Kier alpha value is -2.03. The lowest BCUT2D eigenvalue weighted by atomic mass is 10.0. The molecule has 0 aromatic heterocycles. The summed E-state index contributed by atoms with van der Waals surface area (Å²) in [5.41, 5.74) is 0. The summed E-state index contributed by atoms with van der Waals surface area (Å²) in [7, 11) is 1.17. The second kappa shape index (κ2) is 49.5. The van der Waals surface area contributed by atoms with Crippen LogP contribution in [0.4, 0.5) is 0 Å². The van der Waals surface area contributed by atoms with Gasteiger partial charge in [-0.1, -0.05) is 211 Å². The number of carbonyl (C=O) groups is 2. The number of allylic oxidation sites excluding steroid dienone is 7. The molecule has 0 aromatic carbocycles. The first-order chi connectivity index (χ1) is 33.4. The van der Waals surface area contributed by atoms with E-state index in [0.717, 1.165) is 83.5 Å². The topological polar surface area (TPSA) is 114 Å². The molecule has 69 heavy (non-hydrogen) atoms. The van der Waals surface area contributed by atoms with Crippen molar-refractivity contribution in [2.24, 2.45) is 0 Å². The first-order valence-corrected chi connectivity index (χ1v) is 30.4. The van der Waals surface area contributed by atoms with E-state index >= 15 is 0 Å². The predicted molar refractivity (Wildman–Crippen MR) is 293 cm³/mol. The van der Waals surface area contributed by atoms with E-state index in [0.29, 0.717) is 23.9 Å². The fraction of sp³-hybridized carbons (Fsp3) is 0.831. The molecule has 0 saturated heterocycles. The highest BCUT2D eigenvalue weighted by molar-refractivity contribution is 7.45. The Morgan fingerprint density at radius 2 is 0.884 bits per heavy atom. The molecule has 0 spiro atoms. The second-order valence-electron chi connectivity index (χ2n) is 20.8. The van der Waals surface area contributed by atoms with Crippen molar-refractivity contribution in [2.75, 3.05) is 40.9 Å². The van der Waals surface area contributed by atoms with Crippen LogP contribution in [0.1, 0.15) is 265 Å². The average Bonchev–Trinajstić information content (AvgIpc) is 3.31. The molecule has 1 amide bonds. The minimum absolute atomic E-state index is 0.0263. The number of phosphoric acid groups is 1. The fourth-order valence-electron chi connectivity index (χ4n) is 8.19. The lowest BCUT2D eigenvalue weighted by Gasteiger charge is -2.30. The van der Waals surface area contributed by atoms with Crippen LogP contribution < -0.4 is 10.2 Å². The minimum Gasteiger partial charge on any atom is -0.756 e. The number of phosphoric ester groups is 1. The van der Waals surface area contributed by atoms with Gasteiger partial charge in [-0.25, -0.2) is 0 Å². The van der Waals surface area contributed by atoms with Gasteiger partial charge in [-0.3, -0.25) is 14.2 Å². The SMILES string of the molecule is CCCCC/C=C\C/C=C\CCCCCCCCCC(=O)OC(/C=C/CCCCCCCCCCCCC)C(COP(=O)([O-])OCC[N+](C)(C)C)NC(=O)CCCCC/C=C\CCCCCCCC. The molecular weight excluding hydrogens is 880 g/mol. The lowest BCUT2D eigenvalue weighted by molar-refractivity contribution is -0.870. The van der Waals surface area contributed by atoms with Crippen LogP contribution in [0, 0.1) is 0 Å². The van der Waals surface area contributed by atoms with Crippen LogP contribution in [-0.2, 0) is 27.9 Å². The molecule has 10 heteroatoms. The van der Waals surface area contributed by atoms with Gasteiger partial charge in [-0.15, -0.1) is 0 Å². The quantitative estimate of drug-likeness (QED) is 0.0212. The summed E-state index contributed by atoms with van der Waals surface area (Å²) >= 11 is 0. The summed E-state index contributed by atoms with van der Waals surface area (Å²) in [4.78, 5) is 39.8. The van der Waals surface area contributed by atoms with E-state index in [4.69, 9.17) is 13.8 Å². The largest absolute Gasteiger partial charge is 0.756 e. The molecule has 0 aliphatic rings. The number of nitrogens with one attached hydrogen (secondary N) is 1. The van der Waals surface area contributed by atoms with E-state index in [-0.39, 0.29) is 24.9 Å². The first kappa shape index (κ1) is 67.0. The molecule has 3 unspecified atom stereocenters. The van der Waals surface area contributed by atoms with Crippen molar-refractivity contribution in [3.8, 4) is 0 Å². The molecule has 3 atom stereocenters. The Balaban J connectivity index is 5.38. The van der Waals surface area contributed by atoms with E-state index < -0.39 is 26.6 Å². The van der Waals surface area contributed by atoms with Crippen LogP contribution in [0.3, 0.4) is 0 Å². The van der Waals surface area contributed by atoms with E-state index in [1.54, 1.807) is 0 Å². The van der Waals surface area contributed by atoms with E-state index in [1.165, 1.54) is 141 Å². The summed E-state index contributed by atoms with van der Waals surface area (Å²) in [6.45, 7) is 6.80. The van der Waals surface area contributed by atoms with E-state index in [1.807, 2.05) is 33.3 Å². The predicted octanol–water partition coefficient (Wildman–Crippen LogP) is 16.7. The molecular formula is C59H111N2O7P. The van der Waals surface area contributed by atoms with Crippen LogP contribution in [-0.4, -0.2) is 69.4 Å². The van der Waals surface area contributed by atoms with Crippen LogP contribution in [0.2, 0.25) is 0 Å². The highest BCUT2D eigenvalue weighted by Gasteiger charge is 2.27. The van der Waals surface area contributed by atoms with Crippen molar-refractivity contribution < 1.29 is 37.3 Å². The van der Waals surface area contributed by atoms with Crippen molar-refractivity contribution in [3.63, 3.8) is 0 Å². The summed E-state index contributed by atoms with van der Waals surface area (Å²) in [5.74, 6) is -0.565. The van der Waals surface area contributed by atoms with Crippen LogP contribution >= 0.6 is 7.82 Å². The van der Waals surface area contributed by atoms with Gasteiger partial charge in [0, 0.05) is 12.8 Å². The zero-order valence-corrected chi connectivity index (χ0v) is 46.9. The molecule has 0 bridgehead atoms. The number of hydrogen-bond donors (Lipinski definition) is 1. The average molecular weight is 992 g/mol. The Bertz CT molecular complexity index is 1330. The van der Waals surface area contributed by atoms with E-state index in [9.17, 15) is 19.0 Å². The Morgan fingerprint density at radius 1 is 0.507 bits per heavy atom. The van der Waals surface area contributed by atoms with Gasteiger partial charge >= 0.3 is 5.97 Å². The standard InChI is InChI=1S/C59H111N2O7P/c1-7-10-13-16-19-22-25-28-29-30-31-34-37-40-43-46-49-52-59(63)68-57(50-47-44-41-38-35-32-26-23-20-17-14-11-8-2)56(55-67-69(64,65)66-54-53-61(4,5)6)60-58(62)51-48-45-42-39-36-33-27-24-21-18-15-12-9-3/h19,22,28-29,33,36,47,50,56-57H,7-18,20-21,23-27,30-32,34-35,37-46,48-49,51-55H2,1-6H3,(H-,60,62,64,65)/b22-19-,29-28-,36-33-,50-47+. The number of unbranched alkanes of at least 4 members (excludes halogenated alkanes) is 30. The summed E-state index contributed by atoms with van der Waals surface area (Å²) < 4.78 is 30.2. The Kier molecular flexibility index (Phi) is 48.1. The molecule has 404 valence electrons. The summed E-state index contributed by atoms with van der Waals surface area (Å²) in [6, 6.07) is -0.897. The maximum absolute atomic E-state index is 13.5. The molecule has 0 fully saturated rings. The third-order valence-corrected chi connectivity index (χ3v) is 13.7. The zero-order valence-electron chi connectivity index (χ0n) is 46.0. The van der Waals surface area contributed by atoms with Crippen molar-refractivity contribution in [3.05, 3.63) is 48.6 Å². The van der Waals surface area contributed by atoms with Gasteiger partial charge < -0.3 is 28.5 Å². The van der Waals surface area contributed by atoms with Gasteiger partial charge in [0.25, 0.3) is 7.82 Å². The Morgan fingerprint density at radius 3 is 1.36 bits per heavy atom. The summed E-state index contributed by atoms with van der Waals surface area (Å²) in [5, 5.41) is 3.01. The maximum Gasteiger partial charge on any atom is 0.306 e. The number of ether oxygens (including phenoxy) is 1.